The first-order valence-electron chi connectivity index (χ1n) is 10.5. The number of hydrogen-bond donors (Lipinski definition) is 1. The zero-order valence-electron chi connectivity index (χ0n) is 16.8. The zero-order chi connectivity index (χ0) is 21.9. The molecule has 5 rings (SSSR count). The smallest absolute Gasteiger partial charge is 0.417 e. The molecule has 2 aromatic rings. The number of Topliss-reactive ketones (excluding diaryl/α,β-unsaturated/α-hetero) is 1. The highest BCUT2D eigenvalue weighted by Crippen LogP contribution is 2.54. The lowest BCUT2D eigenvalue weighted by atomic mass is 9.81. The number of carbonyl (C=O) groups excluding carboxylic acids is 1. The van der Waals surface area contributed by atoms with Gasteiger partial charge in [-0.05, 0) is 48.6 Å². The molecule has 1 N–H and O–H groups in total. The minimum atomic E-state index is -4.47. The maximum absolute atomic E-state index is 13.3. The number of ketones is 1. The molecule has 3 heterocycles. The number of halogens is 3. The average Bonchev–Trinajstić information content (AvgIpc) is 3.41. The summed E-state index contributed by atoms with van der Waals surface area (Å²) in [6, 6.07) is 7.29. The van der Waals surface area contributed by atoms with E-state index < -0.39 is 23.8 Å². The number of aromatic nitrogens is 1. The van der Waals surface area contributed by atoms with Crippen LogP contribution in [0.15, 0.2) is 36.5 Å². The quantitative estimate of drug-likeness (QED) is 0.780. The predicted octanol–water partition coefficient (Wildman–Crippen LogP) is 4.28. The second-order valence-electron chi connectivity index (χ2n) is 8.46. The highest BCUT2D eigenvalue weighted by atomic mass is 19.4. The number of aliphatic hydroxyl groups excluding tert-OH is 1. The number of carbonyl (C=O) groups is 1. The van der Waals surface area contributed by atoms with Crippen LogP contribution < -0.4 is 4.74 Å². The van der Waals surface area contributed by atoms with Crippen LogP contribution in [0.4, 0.5) is 13.2 Å². The van der Waals surface area contributed by atoms with Crippen LogP contribution in [0.1, 0.15) is 42.4 Å². The van der Waals surface area contributed by atoms with Crippen molar-refractivity contribution in [3.63, 3.8) is 0 Å². The minimum Gasteiger partial charge on any atom is -0.439 e. The summed E-state index contributed by atoms with van der Waals surface area (Å²) in [4.78, 5) is 17.0. The van der Waals surface area contributed by atoms with Crippen LogP contribution in [0.25, 0.3) is 0 Å². The minimum absolute atomic E-state index is 0.00389. The van der Waals surface area contributed by atoms with Crippen LogP contribution in [-0.4, -0.2) is 34.2 Å². The molecule has 3 aliphatic rings. The van der Waals surface area contributed by atoms with Gasteiger partial charge in [0.05, 0.1) is 35.7 Å². The third kappa shape index (κ3) is 3.32. The standard InChI is InChI=1S/C23H22F3NO4/c1-2-11-3-5-13(30-17-8-4-12(10-27-17)23(24,25)26)9-14(11)18-21(28)19-15-6-7-16(31-15)20(19)22(18)29/h3-5,8-10,15-16,18-21,28H,2,6-7H2,1H3. The van der Waals surface area contributed by atoms with Gasteiger partial charge >= 0.3 is 6.18 Å². The number of pyridine rings is 1. The van der Waals surface area contributed by atoms with Crippen LogP contribution in [-0.2, 0) is 22.1 Å². The first kappa shape index (κ1) is 20.5. The highest BCUT2D eigenvalue weighted by Gasteiger charge is 2.62. The van der Waals surface area contributed by atoms with Crippen molar-refractivity contribution in [3.05, 3.63) is 53.2 Å². The summed E-state index contributed by atoms with van der Waals surface area (Å²) in [5.41, 5.74) is 0.779. The van der Waals surface area contributed by atoms with Crippen LogP contribution in [0.3, 0.4) is 0 Å². The summed E-state index contributed by atoms with van der Waals surface area (Å²) in [7, 11) is 0. The van der Waals surface area contributed by atoms with Gasteiger partial charge in [0.25, 0.3) is 0 Å². The van der Waals surface area contributed by atoms with Crippen LogP contribution in [0.2, 0.25) is 0 Å². The molecule has 0 radical (unpaired) electrons. The molecule has 0 spiro atoms. The van der Waals surface area contributed by atoms with Gasteiger partial charge in [-0.25, -0.2) is 4.98 Å². The Morgan fingerprint density at radius 2 is 1.97 bits per heavy atom. The fourth-order valence-corrected chi connectivity index (χ4v) is 5.43. The number of aliphatic hydroxyl groups is 1. The molecular formula is C23H22F3NO4. The van der Waals surface area contributed by atoms with Crippen molar-refractivity contribution < 1.29 is 32.5 Å². The number of hydrogen-bond acceptors (Lipinski definition) is 5. The SMILES string of the molecule is CCc1ccc(Oc2ccc(C(F)(F)F)cn2)cc1C1C(=O)C2C3CCC(O3)C2C1O. The van der Waals surface area contributed by atoms with E-state index in [2.05, 4.69) is 4.98 Å². The van der Waals surface area contributed by atoms with Gasteiger partial charge in [0.15, 0.2) is 0 Å². The van der Waals surface area contributed by atoms with Crippen LogP contribution in [0.5, 0.6) is 11.6 Å². The lowest BCUT2D eigenvalue weighted by Crippen LogP contribution is -2.31. The average molecular weight is 433 g/mol. The fraction of sp³-hybridized carbons (Fsp3) is 0.478. The van der Waals surface area contributed by atoms with Crippen molar-refractivity contribution >= 4 is 5.78 Å². The summed E-state index contributed by atoms with van der Waals surface area (Å²) >= 11 is 0. The predicted molar refractivity (Wildman–Crippen MR) is 104 cm³/mol. The van der Waals surface area contributed by atoms with Crippen molar-refractivity contribution in [1.82, 2.24) is 4.98 Å². The van der Waals surface area contributed by atoms with Gasteiger partial charge in [-0.1, -0.05) is 13.0 Å². The van der Waals surface area contributed by atoms with Gasteiger partial charge in [0, 0.05) is 18.2 Å². The molecule has 1 aromatic carbocycles. The number of ether oxygens (including phenoxy) is 2. The zero-order valence-corrected chi connectivity index (χ0v) is 16.8. The molecule has 2 bridgehead atoms. The molecule has 6 unspecified atom stereocenters. The molecule has 5 nitrogen and oxygen atoms in total. The molecule has 1 saturated carbocycles. The van der Waals surface area contributed by atoms with Crippen LogP contribution >= 0.6 is 0 Å². The summed E-state index contributed by atoms with van der Waals surface area (Å²) in [5.74, 6) is -0.725. The molecule has 31 heavy (non-hydrogen) atoms. The molecule has 8 heteroatoms. The van der Waals surface area contributed by atoms with Gasteiger partial charge in [0.2, 0.25) is 5.88 Å². The molecule has 3 fully saturated rings. The van der Waals surface area contributed by atoms with E-state index in [9.17, 15) is 23.1 Å². The van der Waals surface area contributed by atoms with E-state index in [0.717, 1.165) is 36.7 Å². The largest absolute Gasteiger partial charge is 0.439 e. The second kappa shape index (κ2) is 7.31. The number of rotatable bonds is 4. The molecule has 1 aromatic heterocycles. The van der Waals surface area contributed by atoms with E-state index >= 15 is 0 Å². The van der Waals surface area contributed by atoms with E-state index in [4.69, 9.17) is 9.47 Å². The molecule has 2 saturated heterocycles. The fourth-order valence-electron chi connectivity index (χ4n) is 5.43. The summed E-state index contributed by atoms with van der Waals surface area (Å²) in [5, 5.41) is 11.1. The lowest BCUT2D eigenvalue weighted by molar-refractivity contribution is -0.137. The molecule has 2 aliphatic heterocycles. The van der Waals surface area contributed by atoms with Gasteiger partial charge in [0.1, 0.15) is 11.5 Å². The first-order valence-corrected chi connectivity index (χ1v) is 10.5. The van der Waals surface area contributed by atoms with Crippen molar-refractivity contribution in [2.24, 2.45) is 11.8 Å². The molecule has 164 valence electrons. The third-order valence-corrected chi connectivity index (χ3v) is 6.82. The molecular weight excluding hydrogens is 411 g/mol. The van der Waals surface area contributed by atoms with Gasteiger partial charge < -0.3 is 14.6 Å². The monoisotopic (exact) mass is 433 g/mol. The van der Waals surface area contributed by atoms with Crippen LogP contribution in [0, 0.1) is 11.8 Å². The Hall–Kier alpha value is -2.45. The topological polar surface area (TPSA) is 68.7 Å². The van der Waals surface area contributed by atoms with Gasteiger partial charge in [-0.2, -0.15) is 13.2 Å². The number of alkyl halides is 3. The number of benzene rings is 1. The lowest BCUT2D eigenvalue weighted by Gasteiger charge is -2.23. The highest BCUT2D eigenvalue weighted by molar-refractivity contribution is 5.93. The summed E-state index contributed by atoms with van der Waals surface area (Å²) in [6.07, 6.45) is -2.37. The van der Waals surface area contributed by atoms with E-state index in [-0.39, 0.29) is 35.7 Å². The third-order valence-electron chi connectivity index (χ3n) is 6.82. The Balaban J connectivity index is 1.43. The summed E-state index contributed by atoms with van der Waals surface area (Å²) < 4.78 is 49.8. The maximum atomic E-state index is 13.3. The number of aryl methyl sites for hydroxylation is 1. The van der Waals surface area contributed by atoms with Crippen molar-refractivity contribution in [2.45, 2.75) is 56.6 Å². The Bertz CT molecular complexity index is 1010. The Morgan fingerprint density at radius 3 is 2.61 bits per heavy atom. The van der Waals surface area contributed by atoms with Gasteiger partial charge in [-0.15, -0.1) is 0 Å². The van der Waals surface area contributed by atoms with Crippen molar-refractivity contribution in [3.8, 4) is 11.6 Å². The Morgan fingerprint density at radius 1 is 1.19 bits per heavy atom. The Labute approximate surface area is 177 Å². The Kier molecular flexibility index (Phi) is 4.82. The van der Waals surface area contributed by atoms with E-state index in [1.807, 2.05) is 13.0 Å². The number of fused-ring (bicyclic) bond motifs is 5. The number of nitrogens with zero attached hydrogens (tertiary/aromatic N) is 1. The molecule has 0 amide bonds. The molecule has 1 aliphatic carbocycles. The first-order chi connectivity index (χ1) is 14.8. The normalized spacial score (nSPS) is 31.8. The molecule has 6 atom stereocenters. The van der Waals surface area contributed by atoms with E-state index in [1.165, 1.54) is 0 Å². The van der Waals surface area contributed by atoms with Crippen molar-refractivity contribution in [2.75, 3.05) is 0 Å². The van der Waals surface area contributed by atoms with E-state index in [0.29, 0.717) is 17.7 Å². The second-order valence-corrected chi connectivity index (χ2v) is 8.46. The van der Waals surface area contributed by atoms with E-state index in [1.54, 1.807) is 12.1 Å². The maximum Gasteiger partial charge on any atom is 0.417 e. The van der Waals surface area contributed by atoms with Crippen molar-refractivity contribution in [1.29, 1.82) is 0 Å². The summed E-state index contributed by atoms with van der Waals surface area (Å²) in [6.45, 7) is 1.97. The van der Waals surface area contributed by atoms with Gasteiger partial charge in [-0.3, -0.25) is 4.79 Å².